The van der Waals surface area contributed by atoms with Crippen LogP contribution in [0.4, 0.5) is 4.79 Å². The van der Waals surface area contributed by atoms with Gasteiger partial charge < -0.3 is 14.6 Å². The van der Waals surface area contributed by atoms with Crippen molar-refractivity contribution in [2.45, 2.75) is 6.92 Å². The molecule has 1 unspecified atom stereocenters. The van der Waals surface area contributed by atoms with Crippen LogP contribution in [-0.2, 0) is 9.53 Å². The molecule has 0 fully saturated rings. The van der Waals surface area contributed by atoms with Crippen molar-refractivity contribution >= 4 is 30.5 Å². The van der Waals surface area contributed by atoms with Crippen LogP contribution in [-0.4, -0.2) is 48.0 Å². The minimum absolute atomic E-state index is 0.0617. The van der Waals surface area contributed by atoms with Gasteiger partial charge in [0.25, 0.3) is 5.91 Å². The van der Waals surface area contributed by atoms with Gasteiger partial charge in [-0.3, -0.25) is 4.79 Å². The SMILES string of the molecule is COc1cccc(C2=C(C)C(=O)NC(=O)[N+]2(S)COCCO)c1. The molecule has 1 atom stereocenters. The number of carbonyl (C=O) groups excluding carboxylic acids is 2. The molecule has 0 spiro atoms. The summed E-state index contributed by atoms with van der Waals surface area (Å²) in [7, 11) is 1.53. The molecule has 3 amide bonds. The van der Waals surface area contributed by atoms with E-state index in [2.05, 4.69) is 18.1 Å². The van der Waals surface area contributed by atoms with Crippen LogP contribution in [0.2, 0.25) is 0 Å². The Balaban J connectivity index is 2.53. The number of carbonyl (C=O) groups is 2. The minimum Gasteiger partial charge on any atom is -0.497 e. The normalized spacial score (nSPS) is 21.4. The first-order valence-corrected chi connectivity index (χ1v) is 7.35. The fraction of sp³-hybridized carbons (Fsp3) is 0.333. The van der Waals surface area contributed by atoms with Crippen LogP contribution in [0.5, 0.6) is 5.75 Å². The summed E-state index contributed by atoms with van der Waals surface area (Å²) >= 11 is 4.46. The number of nitrogens with one attached hydrogen (secondary N) is 1. The summed E-state index contributed by atoms with van der Waals surface area (Å²) in [5, 5.41) is 11.1. The summed E-state index contributed by atoms with van der Waals surface area (Å²) in [5.41, 5.74) is 1.41. The first-order chi connectivity index (χ1) is 10.9. The lowest BCUT2D eigenvalue weighted by Crippen LogP contribution is -2.56. The van der Waals surface area contributed by atoms with Crippen molar-refractivity contribution in [3.05, 3.63) is 35.4 Å². The van der Waals surface area contributed by atoms with Crippen molar-refractivity contribution in [2.75, 3.05) is 27.1 Å². The van der Waals surface area contributed by atoms with E-state index in [9.17, 15) is 9.59 Å². The number of ether oxygens (including phenoxy) is 2. The second-order valence-corrected chi connectivity index (χ2v) is 5.68. The quantitative estimate of drug-likeness (QED) is 0.413. The molecule has 1 aromatic rings. The van der Waals surface area contributed by atoms with Crippen molar-refractivity contribution in [3.63, 3.8) is 0 Å². The summed E-state index contributed by atoms with van der Waals surface area (Å²) < 4.78 is 9.94. The molecule has 2 rings (SSSR count). The van der Waals surface area contributed by atoms with E-state index in [0.717, 1.165) is 0 Å². The number of hydrogen-bond acceptors (Lipinski definition) is 6. The lowest BCUT2D eigenvalue weighted by atomic mass is 10.0. The second kappa shape index (κ2) is 7.14. The third kappa shape index (κ3) is 3.40. The highest BCUT2D eigenvalue weighted by Gasteiger charge is 2.47. The van der Waals surface area contributed by atoms with E-state index < -0.39 is 15.8 Å². The fourth-order valence-corrected chi connectivity index (χ4v) is 2.75. The van der Waals surface area contributed by atoms with Gasteiger partial charge in [0.05, 0.1) is 38.7 Å². The van der Waals surface area contributed by atoms with Crippen LogP contribution in [0, 0.1) is 0 Å². The van der Waals surface area contributed by atoms with Crippen LogP contribution in [0.15, 0.2) is 29.8 Å². The van der Waals surface area contributed by atoms with Gasteiger partial charge in [0.1, 0.15) is 5.75 Å². The molecule has 0 radical (unpaired) electrons. The van der Waals surface area contributed by atoms with Gasteiger partial charge in [0, 0.05) is 5.56 Å². The third-order valence-corrected chi connectivity index (χ3v) is 3.98. The maximum Gasteiger partial charge on any atom is 0.442 e. The molecule has 1 heterocycles. The highest BCUT2D eigenvalue weighted by molar-refractivity contribution is 7.74. The van der Waals surface area contributed by atoms with Gasteiger partial charge in [-0.2, -0.15) is 0 Å². The Labute approximate surface area is 139 Å². The summed E-state index contributed by atoms with van der Waals surface area (Å²) in [6.07, 6.45) is 0. The zero-order valence-electron chi connectivity index (χ0n) is 12.9. The molecule has 2 N–H and O–H groups in total. The van der Waals surface area contributed by atoms with Crippen molar-refractivity contribution < 1.29 is 28.1 Å². The fourth-order valence-electron chi connectivity index (χ4n) is 2.35. The van der Waals surface area contributed by atoms with E-state index in [1.165, 1.54) is 7.11 Å². The standard InChI is InChI=1S/C15H18N2O5S/c1-10-13(11-4-3-5-12(8-11)21-2)17(23,9-22-7-6-18)15(20)16-14(10)19/h3-5,8,18,23H,6-7,9H2,1-2H3/p+1. The molecule has 7 nitrogen and oxygen atoms in total. The number of rotatable bonds is 6. The Kier molecular flexibility index (Phi) is 5.42. The number of thiol groups is 1. The molecule has 8 heteroatoms. The van der Waals surface area contributed by atoms with Crippen LogP contribution in [0.1, 0.15) is 12.5 Å². The smallest absolute Gasteiger partial charge is 0.442 e. The van der Waals surface area contributed by atoms with Crippen molar-refractivity contribution in [3.8, 4) is 5.75 Å². The number of hydrogen-bond donors (Lipinski definition) is 3. The Morgan fingerprint density at radius 1 is 1.35 bits per heavy atom. The summed E-state index contributed by atoms with van der Waals surface area (Å²) in [6, 6.07) is 6.40. The number of nitrogens with zero attached hydrogens (tertiary/aromatic N) is 1. The molecule has 0 saturated carbocycles. The van der Waals surface area contributed by atoms with Gasteiger partial charge >= 0.3 is 6.03 Å². The first-order valence-electron chi connectivity index (χ1n) is 6.95. The average molecular weight is 339 g/mol. The molecule has 1 aliphatic heterocycles. The zero-order valence-corrected chi connectivity index (χ0v) is 13.8. The maximum atomic E-state index is 12.4. The number of imide groups is 1. The predicted octanol–water partition coefficient (Wildman–Crippen LogP) is 1.30. The van der Waals surface area contributed by atoms with Gasteiger partial charge in [-0.25, -0.2) is 10.1 Å². The predicted molar refractivity (Wildman–Crippen MR) is 86.3 cm³/mol. The van der Waals surface area contributed by atoms with Gasteiger partial charge in [-0.15, -0.1) is 3.89 Å². The van der Waals surface area contributed by atoms with Gasteiger partial charge in [-0.1, -0.05) is 6.07 Å². The van der Waals surface area contributed by atoms with E-state index >= 15 is 0 Å². The highest BCUT2D eigenvalue weighted by atomic mass is 32.1. The van der Waals surface area contributed by atoms with Gasteiger partial charge in [0.2, 0.25) is 6.73 Å². The number of methoxy groups -OCH3 is 1. The van der Waals surface area contributed by atoms with Crippen LogP contribution < -0.4 is 10.1 Å². The highest BCUT2D eigenvalue weighted by Crippen LogP contribution is 2.37. The largest absolute Gasteiger partial charge is 0.497 e. The number of quaternary nitrogens is 1. The van der Waals surface area contributed by atoms with Crippen molar-refractivity contribution in [2.24, 2.45) is 0 Å². The van der Waals surface area contributed by atoms with Gasteiger partial charge in [-0.05, 0) is 25.1 Å². The molecular weight excluding hydrogens is 320 g/mol. The Bertz CT molecular complexity index is 661. The molecule has 0 aliphatic carbocycles. The lowest BCUT2D eigenvalue weighted by molar-refractivity contribution is -0.658. The molecule has 0 aromatic heterocycles. The lowest BCUT2D eigenvalue weighted by Gasteiger charge is -2.33. The van der Waals surface area contributed by atoms with Crippen LogP contribution in [0.25, 0.3) is 5.70 Å². The molecule has 1 aromatic carbocycles. The molecule has 0 saturated heterocycles. The summed E-state index contributed by atoms with van der Waals surface area (Å²) in [4.78, 5) is 24.4. The van der Waals surface area contributed by atoms with E-state index in [4.69, 9.17) is 14.6 Å². The molecular formula is C15H19N2O5S+. The molecule has 23 heavy (non-hydrogen) atoms. The maximum absolute atomic E-state index is 12.4. The summed E-state index contributed by atoms with van der Waals surface area (Å²) in [5.74, 6) is 0.121. The van der Waals surface area contributed by atoms with E-state index in [0.29, 0.717) is 22.6 Å². The van der Waals surface area contributed by atoms with Crippen molar-refractivity contribution in [1.29, 1.82) is 0 Å². The number of aliphatic hydroxyl groups excluding tert-OH is 1. The molecule has 1 aliphatic rings. The minimum atomic E-state index is -0.611. The first kappa shape index (κ1) is 17.5. The molecule has 0 bridgehead atoms. The summed E-state index contributed by atoms with van der Waals surface area (Å²) in [6.45, 7) is 1.37. The second-order valence-electron chi connectivity index (χ2n) is 5.00. The third-order valence-electron chi connectivity index (χ3n) is 3.48. The number of urea groups is 1. The van der Waals surface area contributed by atoms with Gasteiger partial charge in [0.15, 0.2) is 5.70 Å². The number of aliphatic hydroxyl groups is 1. The van der Waals surface area contributed by atoms with E-state index in [1.807, 2.05) is 0 Å². The Hall–Kier alpha value is -1.87. The van der Waals surface area contributed by atoms with Crippen LogP contribution >= 0.6 is 12.8 Å². The van der Waals surface area contributed by atoms with Crippen molar-refractivity contribution in [1.82, 2.24) is 5.32 Å². The zero-order chi connectivity index (χ0) is 17.0. The Morgan fingerprint density at radius 3 is 2.74 bits per heavy atom. The molecule has 124 valence electrons. The monoisotopic (exact) mass is 339 g/mol. The topological polar surface area (TPSA) is 84.9 Å². The Morgan fingerprint density at radius 2 is 2.09 bits per heavy atom. The average Bonchev–Trinajstić information content (AvgIpc) is 2.54. The number of benzene rings is 1. The van der Waals surface area contributed by atoms with E-state index in [1.54, 1.807) is 31.2 Å². The number of amides is 3. The van der Waals surface area contributed by atoms with Crippen LogP contribution in [0.3, 0.4) is 0 Å². The van der Waals surface area contributed by atoms with E-state index in [-0.39, 0.29) is 19.9 Å².